The molecule has 0 unspecified atom stereocenters. The van der Waals surface area contributed by atoms with Crippen molar-refractivity contribution in [2.24, 2.45) is 0 Å². The molecular formula is C18H17N5O2. The summed E-state index contributed by atoms with van der Waals surface area (Å²) in [6, 6.07) is 7.31. The Morgan fingerprint density at radius 2 is 1.92 bits per heavy atom. The van der Waals surface area contributed by atoms with E-state index in [9.17, 15) is 4.79 Å². The first-order chi connectivity index (χ1) is 12.2. The van der Waals surface area contributed by atoms with Crippen molar-refractivity contribution in [2.75, 3.05) is 5.32 Å². The van der Waals surface area contributed by atoms with Crippen LogP contribution in [0, 0.1) is 6.92 Å². The van der Waals surface area contributed by atoms with Gasteiger partial charge in [-0.3, -0.25) is 9.78 Å². The SMILES string of the molecule is CCc1cnc(C(=O)Nc2ccc(C)c(Oc3ncccn3)c2)cn1. The topological polar surface area (TPSA) is 89.9 Å². The number of nitrogens with zero attached hydrogens (tertiary/aromatic N) is 4. The summed E-state index contributed by atoms with van der Waals surface area (Å²) in [5, 5.41) is 2.79. The maximum Gasteiger partial charge on any atom is 0.321 e. The third-order valence-corrected chi connectivity index (χ3v) is 3.49. The molecule has 25 heavy (non-hydrogen) atoms. The number of carbonyl (C=O) groups is 1. The van der Waals surface area contributed by atoms with Crippen molar-refractivity contribution in [3.63, 3.8) is 0 Å². The highest BCUT2D eigenvalue weighted by molar-refractivity contribution is 6.02. The van der Waals surface area contributed by atoms with Crippen molar-refractivity contribution in [1.29, 1.82) is 0 Å². The third-order valence-electron chi connectivity index (χ3n) is 3.49. The van der Waals surface area contributed by atoms with E-state index in [0.29, 0.717) is 11.4 Å². The molecule has 0 atom stereocenters. The molecule has 7 heteroatoms. The Bertz CT molecular complexity index is 866. The highest BCUT2D eigenvalue weighted by atomic mass is 16.5. The molecule has 0 spiro atoms. The molecule has 0 saturated carbocycles. The van der Waals surface area contributed by atoms with Crippen LogP contribution in [0.1, 0.15) is 28.7 Å². The number of aromatic nitrogens is 4. The summed E-state index contributed by atoms with van der Waals surface area (Å²) in [4.78, 5) is 28.7. The molecule has 3 rings (SSSR count). The zero-order valence-electron chi connectivity index (χ0n) is 13.9. The van der Waals surface area contributed by atoms with Gasteiger partial charge in [-0.15, -0.1) is 0 Å². The molecule has 0 aliphatic heterocycles. The Hall–Kier alpha value is -3.35. The van der Waals surface area contributed by atoms with Gasteiger partial charge in [0, 0.05) is 30.3 Å². The van der Waals surface area contributed by atoms with Crippen LogP contribution in [0.2, 0.25) is 0 Å². The van der Waals surface area contributed by atoms with Crippen molar-refractivity contribution < 1.29 is 9.53 Å². The van der Waals surface area contributed by atoms with Gasteiger partial charge in [0.1, 0.15) is 11.4 Å². The number of hydrogen-bond donors (Lipinski definition) is 1. The van der Waals surface area contributed by atoms with Crippen molar-refractivity contribution in [2.45, 2.75) is 20.3 Å². The lowest BCUT2D eigenvalue weighted by Crippen LogP contribution is -2.14. The van der Waals surface area contributed by atoms with Gasteiger partial charge in [0.15, 0.2) is 0 Å². The number of hydrogen-bond acceptors (Lipinski definition) is 6. The largest absolute Gasteiger partial charge is 0.424 e. The van der Waals surface area contributed by atoms with E-state index in [2.05, 4.69) is 25.3 Å². The summed E-state index contributed by atoms with van der Waals surface area (Å²) >= 11 is 0. The molecule has 1 aromatic carbocycles. The van der Waals surface area contributed by atoms with Gasteiger partial charge in [-0.25, -0.2) is 15.0 Å². The van der Waals surface area contributed by atoms with Gasteiger partial charge >= 0.3 is 6.01 Å². The molecule has 0 fully saturated rings. The monoisotopic (exact) mass is 335 g/mol. The number of amides is 1. The smallest absolute Gasteiger partial charge is 0.321 e. The molecule has 2 heterocycles. The summed E-state index contributed by atoms with van der Waals surface area (Å²) in [5.41, 5.74) is 2.58. The van der Waals surface area contributed by atoms with Crippen LogP contribution in [0.15, 0.2) is 49.1 Å². The van der Waals surface area contributed by atoms with E-state index in [-0.39, 0.29) is 17.6 Å². The molecule has 126 valence electrons. The Balaban J connectivity index is 1.76. The van der Waals surface area contributed by atoms with Crippen molar-refractivity contribution in [3.05, 3.63) is 66.0 Å². The number of nitrogens with one attached hydrogen (secondary N) is 1. The molecule has 0 aliphatic rings. The van der Waals surface area contributed by atoms with Crippen LogP contribution in [0.5, 0.6) is 11.8 Å². The molecule has 2 aromatic heterocycles. The Morgan fingerprint density at radius 1 is 1.12 bits per heavy atom. The molecular weight excluding hydrogens is 318 g/mol. The summed E-state index contributed by atoms with van der Waals surface area (Å²) in [5.74, 6) is 0.234. The van der Waals surface area contributed by atoms with Gasteiger partial charge in [0.2, 0.25) is 0 Å². The molecule has 1 amide bonds. The average Bonchev–Trinajstić information content (AvgIpc) is 2.65. The number of ether oxygens (including phenoxy) is 1. The molecule has 7 nitrogen and oxygen atoms in total. The Morgan fingerprint density at radius 3 is 2.60 bits per heavy atom. The summed E-state index contributed by atoms with van der Waals surface area (Å²) in [7, 11) is 0. The Kier molecular flexibility index (Phi) is 4.94. The first-order valence-electron chi connectivity index (χ1n) is 7.83. The molecule has 1 N–H and O–H groups in total. The maximum atomic E-state index is 12.3. The van der Waals surface area contributed by atoms with E-state index in [0.717, 1.165) is 17.7 Å². The normalized spacial score (nSPS) is 10.3. The fraction of sp³-hybridized carbons (Fsp3) is 0.167. The zero-order valence-corrected chi connectivity index (χ0v) is 13.9. The van der Waals surface area contributed by atoms with E-state index in [1.165, 1.54) is 6.20 Å². The second-order valence-corrected chi connectivity index (χ2v) is 5.31. The highest BCUT2D eigenvalue weighted by Gasteiger charge is 2.11. The lowest BCUT2D eigenvalue weighted by molar-refractivity contribution is 0.102. The van der Waals surface area contributed by atoms with Crippen LogP contribution in [-0.2, 0) is 6.42 Å². The van der Waals surface area contributed by atoms with Crippen molar-refractivity contribution >= 4 is 11.6 Å². The van der Waals surface area contributed by atoms with Crippen molar-refractivity contribution in [3.8, 4) is 11.8 Å². The van der Waals surface area contributed by atoms with Crippen molar-refractivity contribution in [1.82, 2.24) is 19.9 Å². The van der Waals surface area contributed by atoms with E-state index in [1.54, 1.807) is 36.8 Å². The summed E-state index contributed by atoms with van der Waals surface area (Å²) in [6.07, 6.45) is 7.04. The van der Waals surface area contributed by atoms with E-state index >= 15 is 0 Å². The molecule has 3 aromatic rings. The number of benzene rings is 1. The summed E-state index contributed by atoms with van der Waals surface area (Å²) < 4.78 is 5.67. The zero-order chi connectivity index (χ0) is 17.6. The third kappa shape index (κ3) is 4.14. The number of rotatable bonds is 5. The lowest BCUT2D eigenvalue weighted by Gasteiger charge is -2.10. The minimum Gasteiger partial charge on any atom is -0.424 e. The number of carbonyl (C=O) groups excluding carboxylic acids is 1. The van der Waals surface area contributed by atoms with Crippen LogP contribution in [0.3, 0.4) is 0 Å². The van der Waals surface area contributed by atoms with Gasteiger partial charge in [-0.1, -0.05) is 13.0 Å². The second kappa shape index (κ2) is 7.48. The van der Waals surface area contributed by atoms with Crippen LogP contribution in [0.25, 0.3) is 0 Å². The molecule has 0 bridgehead atoms. The first-order valence-corrected chi connectivity index (χ1v) is 7.83. The number of aryl methyl sites for hydroxylation is 2. The Labute approximate surface area is 145 Å². The minimum absolute atomic E-state index is 0.245. The van der Waals surface area contributed by atoms with Gasteiger partial charge in [0.05, 0.1) is 11.9 Å². The van der Waals surface area contributed by atoms with Gasteiger partial charge in [-0.05, 0) is 31.0 Å². The van der Waals surface area contributed by atoms with Crippen LogP contribution < -0.4 is 10.1 Å². The predicted molar refractivity (Wildman–Crippen MR) is 92.6 cm³/mol. The first kappa shape index (κ1) is 16.5. The maximum absolute atomic E-state index is 12.3. The molecule has 0 aliphatic carbocycles. The standard InChI is InChI=1S/C18H17N5O2/c1-3-13-10-22-15(11-21-13)17(24)23-14-6-5-12(2)16(9-14)25-18-19-7-4-8-20-18/h4-11H,3H2,1-2H3,(H,23,24). The predicted octanol–water partition coefficient (Wildman–Crippen LogP) is 3.18. The van der Waals surface area contributed by atoms with Crippen LogP contribution in [0.4, 0.5) is 5.69 Å². The summed E-state index contributed by atoms with van der Waals surface area (Å²) in [6.45, 7) is 3.88. The quantitative estimate of drug-likeness (QED) is 0.770. The van der Waals surface area contributed by atoms with Crippen LogP contribution in [-0.4, -0.2) is 25.8 Å². The highest BCUT2D eigenvalue weighted by Crippen LogP contribution is 2.26. The molecule has 0 radical (unpaired) electrons. The lowest BCUT2D eigenvalue weighted by atomic mass is 10.2. The number of anilines is 1. The van der Waals surface area contributed by atoms with Gasteiger partial charge in [0.25, 0.3) is 5.91 Å². The average molecular weight is 335 g/mol. The fourth-order valence-electron chi connectivity index (χ4n) is 2.07. The second-order valence-electron chi connectivity index (χ2n) is 5.31. The minimum atomic E-state index is -0.332. The van der Waals surface area contributed by atoms with E-state index in [4.69, 9.17) is 4.74 Å². The van der Waals surface area contributed by atoms with E-state index in [1.807, 2.05) is 19.9 Å². The van der Waals surface area contributed by atoms with Gasteiger partial charge in [-0.2, -0.15) is 0 Å². The van der Waals surface area contributed by atoms with E-state index < -0.39 is 0 Å². The fourth-order valence-corrected chi connectivity index (χ4v) is 2.07. The molecule has 0 saturated heterocycles. The van der Waals surface area contributed by atoms with Crippen LogP contribution >= 0.6 is 0 Å². The van der Waals surface area contributed by atoms with Gasteiger partial charge < -0.3 is 10.1 Å².